The second kappa shape index (κ2) is 10.9. The van der Waals surface area contributed by atoms with Gasteiger partial charge in [-0.25, -0.2) is 4.98 Å². The Bertz CT molecular complexity index is 736. The van der Waals surface area contributed by atoms with Gasteiger partial charge in [0.15, 0.2) is 0 Å². The first-order valence-corrected chi connectivity index (χ1v) is 13.2. The molecule has 3 saturated heterocycles. The second-order valence-corrected chi connectivity index (χ2v) is 10.4. The molecule has 7 heteroatoms. The van der Waals surface area contributed by atoms with Crippen molar-refractivity contribution in [2.24, 2.45) is 5.92 Å². The number of amides is 2. The van der Waals surface area contributed by atoms with Crippen molar-refractivity contribution in [2.75, 3.05) is 39.3 Å². The number of rotatable bonds is 5. The summed E-state index contributed by atoms with van der Waals surface area (Å²) in [6.45, 7) is 7.70. The Balaban J connectivity index is 1.28. The minimum absolute atomic E-state index is 0.167. The monoisotopic (exact) mass is 446 g/mol. The van der Waals surface area contributed by atoms with E-state index in [1.165, 1.54) is 43.4 Å². The van der Waals surface area contributed by atoms with E-state index in [0.29, 0.717) is 24.3 Å². The fourth-order valence-corrected chi connectivity index (χ4v) is 6.40. The van der Waals surface area contributed by atoms with Crippen LogP contribution in [0.2, 0.25) is 0 Å². The summed E-state index contributed by atoms with van der Waals surface area (Å²) < 4.78 is 0. The molecule has 1 atom stereocenters. The molecule has 0 radical (unpaired) electrons. The third kappa shape index (κ3) is 5.67. The highest BCUT2D eigenvalue weighted by atomic mass is 32.1. The van der Waals surface area contributed by atoms with Gasteiger partial charge in [0.1, 0.15) is 4.88 Å². The summed E-state index contributed by atoms with van der Waals surface area (Å²) in [5, 5.41) is 0. The van der Waals surface area contributed by atoms with Gasteiger partial charge in [-0.1, -0.05) is 12.8 Å². The van der Waals surface area contributed by atoms with E-state index in [1.807, 2.05) is 6.92 Å². The van der Waals surface area contributed by atoms with Gasteiger partial charge in [-0.15, -0.1) is 11.3 Å². The Labute approximate surface area is 191 Å². The zero-order valence-electron chi connectivity index (χ0n) is 19.1. The Morgan fingerprint density at radius 3 is 2.35 bits per heavy atom. The van der Waals surface area contributed by atoms with Crippen molar-refractivity contribution >= 4 is 23.2 Å². The molecular formula is C24H38N4O2S. The largest absolute Gasteiger partial charge is 0.343 e. The zero-order chi connectivity index (χ0) is 21.6. The molecule has 0 bridgehead atoms. The molecule has 0 spiro atoms. The first kappa shape index (κ1) is 22.7. The average Bonchev–Trinajstić information content (AvgIpc) is 3.07. The Hall–Kier alpha value is -1.47. The molecule has 0 aliphatic carbocycles. The molecule has 0 saturated carbocycles. The summed E-state index contributed by atoms with van der Waals surface area (Å²) in [7, 11) is 0. The summed E-state index contributed by atoms with van der Waals surface area (Å²) in [6.07, 6.45) is 11.3. The van der Waals surface area contributed by atoms with Gasteiger partial charge < -0.3 is 14.7 Å². The first-order valence-electron chi connectivity index (χ1n) is 12.3. The Morgan fingerprint density at radius 2 is 1.68 bits per heavy atom. The van der Waals surface area contributed by atoms with Gasteiger partial charge in [0, 0.05) is 38.6 Å². The maximum absolute atomic E-state index is 13.2. The van der Waals surface area contributed by atoms with Crippen LogP contribution in [0.4, 0.5) is 0 Å². The van der Waals surface area contributed by atoms with Gasteiger partial charge in [-0.3, -0.25) is 9.59 Å². The maximum Gasteiger partial charge on any atom is 0.266 e. The van der Waals surface area contributed by atoms with Gasteiger partial charge in [0.2, 0.25) is 5.91 Å². The molecule has 1 aromatic rings. The fraction of sp³-hybridized carbons (Fsp3) is 0.792. The van der Waals surface area contributed by atoms with Gasteiger partial charge in [0.05, 0.1) is 11.2 Å². The SMILES string of the molecule is Cc1ncsc1C(=O)N1CCCCC1C1CCN(C(=O)CCN2CCCCCC2)CC1. The van der Waals surface area contributed by atoms with Crippen molar-refractivity contribution in [3.8, 4) is 0 Å². The van der Waals surface area contributed by atoms with E-state index < -0.39 is 0 Å². The summed E-state index contributed by atoms with van der Waals surface area (Å²) in [6, 6.07) is 0.317. The van der Waals surface area contributed by atoms with Crippen molar-refractivity contribution in [2.45, 2.75) is 77.2 Å². The first-order chi connectivity index (χ1) is 15.1. The van der Waals surface area contributed by atoms with Crippen LogP contribution in [0.5, 0.6) is 0 Å². The normalized spacial score (nSPS) is 24.2. The van der Waals surface area contributed by atoms with Crippen molar-refractivity contribution in [3.05, 3.63) is 16.1 Å². The number of carbonyl (C=O) groups is 2. The van der Waals surface area contributed by atoms with Crippen molar-refractivity contribution in [1.29, 1.82) is 0 Å². The number of hydrogen-bond acceptors (Lipinski definition) is 5. The predicted molar refractivity (Wildman–Crippen MR) is 124 cm³/mol. The summed E-state index contributed by atoms with van der Waals surface area (Å²) >= 11 is 1.46. The number of hydrogen-bond donors (Lipinski definition) is 0. The lowest BCUT2D eigenvalue weighted by Crippen LogP contribution is -2.51. The number of likely N-dealkylation sites (tertiary alicyclic amines) is 3. The molecule has 1 aromatic heterocycles. The second-order valence-electron chi connectivity index (χ2n) is 9.55. The third-order valence-electron chi connectivity index (χ3n) is 7.53. The van der Waals surface area contributed by atoms with E-state index >= 15 is 0 Å². The van der Waals surface area contributed by atoms with E-state index in [4.69, 9.17) is 0 Å². The van der Waals surface area contributed by atoms with Crippen LogP contribution in [0, 0.1) is 12.8 Å². The molecule has 3 aliphatic rings. The maximum atomic E-state index is 13.2. The van der Waals surface area contributed by atoms with Gasteiger partial charge in [-0.05, 0) is 70.9 Å². The van der Waals surface area contributed by atoms with E-state index in [9.17, 15) is 9.59 Å². The van der Waals surface area contributed by atoms with Crippen LogP contribution in [0.1, 0.15) is 79.6 Å². The molecule has 0 aromatic carbocycles. The molecular weight excluding hydrogens is 408 g/mol. The summed E-state index contributed by atoms with van der Waals surface area (Å²) in [4.78, 5) is 37.8. The molecule has 0 N–H and O–H groups in total. The van der Waals surface area contributed by atoms with Gasteiger partial charge in [-0.2, -0.15) is 0 Å². The molecule has 172 valence electrons. The Kier molecular flexibility index (Phi) is 7.99. The standard InChI is InChI=1S/C24H38N4O2S/c1-19-23(31-18-25-19)24(30)28-14-7-4-8-21(28)20-9-16-27(17-10-20)22(29)11-15-26-12-5-2-3-6-13-26/h18,20-21H,2-17H2,1H3. The third-order valence-corrected chi connectivity index (χ3v) is 8.44. The van der Waals surface area contributed by atoms with E-state index in [1.54, 1.807) is 5.51 Å². The van der Waals surface area contributed by atoms with E-state index in [-0.39, 0.29) is 5.91 Å². The molecule has 6 nitrogen and oxygen atoms in total. The minimum Gasteiger partial charge on any atom is -0.343 e. The lowest BCUT2D eigenvalue weighted by Gasteiger charge is -2.43. The van der Waals surface area contributed by atoms with Crippen LogP contribution in [-0.2, 0) is 4.79 Å². The molecule has 31 heavy (non-hydrogen) atoms. The van der Waals surface area contributed by atoms with Crippen LogP contribution < -0.4 is 0 Å². The van der Waals surface area contributed by atoms with Crippen LogP contribution in [0.3, 0.4) is 0 Å². The summed E-state index contributed by atoms with van der Waals surface area (Å²) in [5.41, 5.74) is 2.63. The highest BCUT2D eigenvalue weighted by Gasteiger charge is 2.36. The predicted octanol–water partition coefficient (Wildman–Crippen LogP) is 3.95. The van der Waals surface area contributed by atoms with E-state index in [2.05, 4.69) is 19.7 Å². The minimum atomic E-state index is 0.167. The molecule has 2 amide bonds. The molecule has 4 heterocycles. The van der Waals surface area contributed by atoms with Crippen molar-refractivity contribution < 1.29 is 9.59 Å². The number of nitrogens with zero attached hydrogens (tertiary/aromatic N) is 4. The highest BCUT2D eigenvalue weighted by molar-refractivity contribution is 7.11. The number of piperidine rings is 2. The number of aryl methyl sites for hydroxylation is 1. The molecule has 1 unspecified atom stereocenters. The lowest BCUT2D eigenvalue weighted by molar-refractivity contribution is -0.133. The van der Waals surface area contributed by atoms with Crippen molar-refractivity contribution in [3.63, 3.8) is 0 Å². The number of carbonyl (C=O) groups excluding carboxylic acids is 2. The van der Waals surface area contributed by atoms with Crippen molar-refractivity contribution in [1.82, 2.24) is 19.7 Å². The number of aromatic nitrogens is 1. The topological polar surface area (TPSA) is 56.8 Å². The smallest absolute Gasteiger partial charge is 0.266 e. The zero-order valence-corrected chi connectivity index (χ0v) is 19.9. The Morgan fingerprint density at radius 1 is 0.968 bits per heavy atom. The van der Waals surface area contributed by atoms with Gasteiger partial charge in [0.25, 0.3) is 5.91 Å². The number of thiazole rings is 1. The molecule has 3 fully saturated rings. The average molecular weight is 447 g/mol. The van der Waals surface area contributed by atoms with Crippen LogP contribution >= 0.6 is 11.3 Å². The van der Waals surface area contributed by atoms with Crippen LogP contribution in [0.25, 0.3) is 0 Å². The van der Waals surface area contributed by atoms with E-state index in [0.717, 1.165) is 75.5 Å². The molecule has 3 aliphatic heterocycles. The van der Waals surface area contributed by atoms with Gasteiger partial charge >= 0.3 is 0 Å². The summed E-state index contributed by atoms with van der Waals surface area (Å²) in [5.74, 6) is 0.993. The fourth-order valence-electron chi connectivity index (χ4n) is 5.64. The molecule has 4 rings (SSSR count). The van der Waals surface area contributed by atoms with Crippen LogP contribution in [0.15, 0.2) is 5.51 Å². The quantitative estimate of drug-likeness (QED) is 0.687. The lowest BCUT2D eigenvalue weighted by atomic mass is 9.83. The highest BCUT2D eigenvalue weighted by Crippen LogP contribution is 2.32. The van der Waals surface area contributed by atoms with Crippen LogP contribution in [-0.4, -0.2) is 76.8 Å².